The van der Waals surface area contributed by atoms with Gasteiger partial charge in [0, 0.05) is 6.54 Å². The molecule has 0 bridgehead atoms. The van der Waals surface area contributed by atoms with Gasteiger partial charge in [-0.1, -0.05) is 53.6 Å². The molecule has 1 atom stereocenters. The molecule has 0 aliphatic heterocycles. The Labute approximate surface area is 185 Å². The first-order chi connectivity index (χ1) is 14.7. The molecule has 0 aliphatic carbocycles. The molecule has 0 spiro atoms. The predicted molar refractivity (Wildman–Crippen MR) is 115 cm³/mol. The lowest BCUT2D eigenvalue weighted by Gasteiger charge is -2.13. The van der Waals surface area contributed by atoms with Crippen molar-refractivity contribution in [1.82, 2.24) is 15.1 Å². The quantitative estimate of drug-likeness (QED) is 0.555. The summed E-state index contributed by atoms with van der Waals surface area (Å²) in [6.45, 7) is 5.72. The number of hydrogen-bond acceptors (Lipinski definition) is 4. The van der Waals surface area contributed by atoms with E-state index < -0.39 is 18.0 Å². The van der Waals surface area contributed by atoms with Crippen LogP contribution in [0.15, 0.2) is 48.5 Å². The zero-order valence-electron chi connectivity index (χ0n) is 17.5. The Morgan fingerprint density at radius 3 is 2.35 bits per heavy atom. The zero-order valence-corrected chi connectivity index (χ0v) is 18.2. The van der Waals surface area contributed by atoms with Crippen LogP contribution < -0.4 is 5.32 Å². The van der Waals surface area contributed by atoms with E-state index in [0.717, 1.165) is 16.7 Å². The minimum Gasteiger partial charge on any atom is -0.449 e. The van der Waals surface area contributed by atoms with E-state index >= 15 is 0 Å². The largest absolute Gasteiger partial charge is 0.449 e. The van der Waals surface area contributed by atoms with Gasteiger partial charge < -0.3 is 10.1 Å². The highest BCUT2D eigenvalue weighted by molar-refractivity contribution is 6.32. The fourth-order valence-electron chi connectivity index (χ4n) is 2.96. The van der Waals surface area contributed by atoms with Crippen LogP contribution in [0.3, 0.4) is 0 Å². The molecular formula is C23H23ClFN3O3. The van der Waals surface area contributed by atoms with Crippen molar-refractivity contribution in [1.29, 1.82) is 0 Å². The third kappa shape index (κ3) is 5.70. The Morgan fingerprint density at radius 1 is 1.10 bits per heavy atom. The van der Waals surface area contributed by atoms with Gasteiger partial charge in [0.05, 0.1) is 12.2 Å². The molecule has 0 saturated heterocycles. The lowest BCUT2D eigenvalue weighted by atomic mass is 10.1. The fourth-order valence-corrected chi connectivity index (χ4v) is 3.28. The second kappa shape index (κ2) is 9.75. The van der Waals surface area contributed by atoms with Crippen molar-refractivity contribution in [3.8, 4) is 0 Å². The minimum atomic E-state index is -1.04. The van der Waals surface area contributed by atoms with Crippen LogP contribution in [-0.2, 0) is 22.6 Å². The predicted octanol–water partition coefficient (Wildman–Crippen LogP) is 4.20. The zero-order chi connectivity index (χ0) is 22.5. The average molecular weight is 444 g/mol. The Hall–Kier alpha value is -3.19. The van der Waals surface area contributed by atoms with Crippen LogP contribution in [0.4, 0.5) is 4.39 Å². The minimum absolute atomic E-state index is 0.131. The summed E-state index contributed by atoms with van der Waals surface area (Å²) in [5, 5.41) is 7.15. The molecule has 0 aliphatic rings. The maximum Gasteiger partial charge on any atom is 0.343 e. The molecule has 1 N–H and O–H groups in total. The molecule has 6 nitrogen and oxygen atoms in total. The molecule has 1 heterocycles. The lowest BCUT2D eigenvalue weighted by molar-refractivity contribution is -0.129. The summed E-state index contributed by atoms with van der Waals surface area (Å²) in [7, 11) is 0. The summed E-state index contributed by atoms with van der Waals surface area (Å²) in [6, 6.07) is 13.7. The first-order valence-electron chi connectivity index (χ1n) is 9.76. The molecule has 2 aromatic carbocycles. The third-order valence-corrected chi connectivity index (χ3v) is 5.14. The van der Waals surface area contributed by atoms with Gasteiger partial charge in [-0.2, -0.15) is 5.10 Å². The highest BCUT2D eigenvalue weighted by Gasteiger charge is 2.25. The molecule has 0 fully saturated rings. The molecule has 1 aromatic heterocycles. The molecule has 1 amide bonds. The van der Waals surface area contributed by atoms with Crippen molar-refractivity contribution < 1.29 is 18.7 Å². The highest BCUT2D eigenvalue weighted by atomic mass is 35.5. The smallest absolute Gasteiger partial charge is 0.343 e. The first kappa shape index (κ1) is 22.5. The van der Waals surface area contributed by atoms with Gasteiger partial charge >= 0.3 is 5.97 Å². The van der Waals surface area contributed by atoms with Gasteiger partial charge in [-0.05, 0) is 44.0 Å². The summed E-state index contributed by atoms with van der Waals surface area (Å²) in [5.74, 6) is -1.55. The number of halogens is 2. The first-order valence-corrected chi connectivity index (χ1v) is 10.1. The second-order valence-electron chi connectivity index (χ2n) is 7.29. The molecule has 31 heavy (non-hydrogen) atoms. The van der Waals surface area contributed by atoms with E-state index in [0.29, 0.717) is 12.2 Å². The van der Waals surface area contributed by atoms with E-state index in [4.69, 9.17) is 16.3 Å². The standard InChI is InChI=1S/C23H23ClFN3O3/c1-14-4-6-18(7-5-14)13-28-21(24)20(15(2)27-28)23(30)31-16(3)22(29)26-12-17-8-10-19(25)11-9-17/h4-11,16H,12-13H2,1-3H3,(H,26,29). The van der Waals surface area contributed by atoms with Gasteiger partial charge in [0.25, 0.3) is 5.91 Å². The topological polar surface area (TPSA) is 73.2 Å². The normalized spacial score (nSPS) is 11.8. The van der Waals surface area contributed by atoms with Crippen LogP contribution >= 0.6 is 11.6 Å². The van der Waals surface area contributed by atoms with Crippen molar-refractivity contribution in [3.63, 3.8) is 0 Å². The number of carbonyl (C=O) groups excluding carboxylic acids is 2. The molecule has 8 heteroatoms. The van der Waals surface area contributed by atoms with E-state index in [9.17, 15) is 14.0 Å². The number of ether oxygens (including phenoxy) is 1. The van der Waals surface area contributed by atoms with E-state index in [1.54, 1.807) is 19.1 Å². The van der Waals surface area contributed by atoms with Crippen LogP contribution in [-0.4, -0.2) is 27.8 Å². The highest BCUT2D eigenvalue weighted by Crippen LogP contribution is 2.22. The monoisotopic (exact) mass is 443 g/mol. The van der Waals surface area contributed by atoms with Crippen LogP contribution in [0.1, 0.15) is 39.7 Å². The third-order valence-electron chi connectivity index (χ3n) is 4.76. The van der Waals surface area contributed by atoms with Crippen molar-refractivity contribution in [2.45, 2.75) is 40.0 Å². The maximum atomic E-state index is 13.0. The number of aryl methyl sites for hydroxylation is 2. The van der Waals surface area contributed by atoms with Crippen molar-refractivity contribution in [2.75, 3.05) is 0 Å². The Balaban J connectivity index is 1.62. The van der Waals surface area contributed by atoms with E-state index in [2.05, 4.69) is 10.4 Å². The number of rotatable bonds is 7. The molecule has 3 aromatic rings. The number of nitrogens with one attached hydrogen (secondary N) is 1. The van der Waals surface area contributed by atoms with Crippen LogP contribution in [0.25, 0.3) is 0 Å². The Morgan fingerprint density at radius 2 is 1.71 bits per heavy atom. The van der Waals surface area contributed by atoms with Gasteiger partial charge in [0.2, 0.25) is 0 Å². The Bertz CT molecular complexity index is 1080. The summed E-state index contributed by atoms with van der Waals surface area (Å²) in [6.07, 6.45) is -1.04. The van der Waals surface area contributed by atoms with Crippen molar-refractivity contribution in [3.05, 3.63) is 87.4 Å². The number of carbonyl (C=O) groups is 2. The molecule has 162 valence electrons. The second-order valence-corrected chi connectivity index (χ2v) is 7.64. The maximum absolute atomic E-state index is 13.0. The van der Waals surface area contributed by atoms with Gasteiger partial charge in [0.15, 0.2) is 6.10 Å². The SMILES string of the molecule is Cc1ccc(Cn2nc(C)c(C(=O)OC(C)C(=O)NCc3ccc(F)cc3)c2Cl)cc1. The van der Waals surface area contributed by atoms with E-state index in [-0.39, 0.29) is 23.1 Å². The van der Waals surface area contributed by atoms with Gasteiger partial charge in [-0.25, -0.2) is 13.9 Å². The van der Waals surface area contributed by atoms with E-state index in [1.165, 1.54) is 23.7 Å². The molecular weight excluding hydrogens is 421 g/mol. The molecule has 3 rings (SSSR count). The number of amides is 1. The van der Waals surface area contributed by atoms with Crippen molar-refractivity contribution >= 4 is 23.5 Å². The summed E-state index contributed by atoms with van der Waals surface area (Å²) < 4.78 is 19.8. The number of hydrogen-bond donors (Lipinski definition) is 1. The molecule has 0 saturated carbocycles. The lowest BCUT2D eigenvalue weighted by Crippen LogP contribution is -2.35. The average Bonchev–Trinajstić information content (AvgIpc) is 3.01. The summed E-state index contributed by atoms with van der Waals surface area (Å²) in [5.41, 5.74) is 3.41. The number of nitrogens with zero attached hydrogens (tertiary/aromatic N) is 2. The van der Waals surface area contributed by atoms with Crippen molar-refractivity contribution in [2.24, 2.45) is 0 Å². The van der Waals surface area contributed by atoms with Gasteiger partial charge in [0.1, 0.15) is 16.5 Å². The molecule has 0 radical (unpaired) electrons. The van der Waals surface area contributed by atoms with Gasteiger partial charge in [-0.15, -0.1) is 0 Å². The summed E-state index contributed by atoms with van der Waals surface area (Å²) >= 11 is 6.39. The van der Waals surface area contributed by atoms with E-state index in [1.807, 2.05) is 31.2 Å². The summed E-state index contributed by atoms with van der Waals surface area (Å²) in [4.78, 5) is 24.9. The van der Waals surface area contributed by atoms with Crippen LogP contribution in [0.5, 0.6) is 0 Å². The van der Waals surface area contributed by atoms with Crippen LogP contribution in [0, 0.1) is 19.7 Å². The Kier molecular flexibility index (Phi) is 7.07. The number of esters is 1. The number of aromatic nitrogens is 2. The fraction of sp³-hybridized carbons (Fsp3) is 0.261. The molecule has 1 unspecified atom stereocenters. The van der Waals surface area contributed by atoms with Gasteiger partial charge in [-0.3, -0.25) is 4.79 Å². The number of benzene rings is 2. The van der Waals surface area contributed by atoms with Crippen LogP contribution in [0.2, 0.25) is 5.15 Å².